The number of nitrogens with zero attached hydrogens (tertiary/aromatic N) is 1. The molecule has 3 aromatic rings. The number of rotatable bonds is 10. The van der Waals surface area contributed by atoms with E-state index in [0.29, 0.717) is 22.8 Å². The summed E-state index contributed by atoms with van der Waals surface area (Å²) in [6.07, 6.45) is 0.770. The molecule has 1 N–H and O–H groups in total. The van der Waals surface area contributed by atoms with Crippen LogP contribution < -0.4 is 9.62 Å². The zero-order valence-electron chi connectivity index (χ0n) is 18.6. The van der Waals surface area contributed by atoms with E-state index in [-0.39, 0.29) is 17.3 Å². The van der Waals surface area contributed by atoms with Gasteiger partial charge in [0.25, 0.3) is 10.0 Å². The minimum atomic E-state index is -3.95. The molecule has 0 heterocycles. The number of sulfonamides is 1. The van der Waals surface area contributed by atoms with Gasteiger partial charge in [0, 0.05) is 16.5 Å². The van der Waals surface area contributed by atoms with Crippen LogP contribution in [0.15, 0.2) is 82.6 Å². The Bertz CT molecular complexity index is 1180. The Morgan fingerprint density at radius 1 is 0.970 bits per heavy atom. The fourth-order valence-corrected chi connectivity index (χ4v) is 5.72. The quantitative estimate of drug-likeness (QED) is 0.295. The molecule has 0 unspecified atom stereocenters. The molecule has 174 valence electrons. The van der Waals surface area contributed by atoms with Crippen LogP contribution in [-0.4, -0.2) is 33.2 Å². The Labute approximate surface area is 205 Å². The second kappa shape index (κ2) is 11.6. The van der Waals surface area contributed by atoms with Crippen molar-refractivity contribution in [1.29, 1.82) is 0 Å². The first-order valence-corrected chi connectivity index (χ1v) is 13.4. The summed E-state index contributed by atoms with van der Waals surface area (Å²) in [4.78, 5) is 14.0. The van der Waals surface area contributed by atoms with Gasteiger partial charge in [0.2, 0.25) is 5.91 Å². The average molecular weight is 503 g/mol. The summed E-state index contributed by atoms with van der Waals surface area (Å²) in [5.41, 5.74) is 2.20. The number of hydrogen-bond donors (Lipinski definition) is 1. The molecule has 3 rings (SSSR count). The van der Waals surface area contributed by atoms with Gasteiger partial charge in [-0.2, -0.15) is 0 Å². The number of thioether (sulfide) groups is 1. The Balaban J connectivity index is 1.66. The Kier molecular flexibility index (Phi) is 8.83. The number of halogens is 1. The fourth-order valence-electron chi connectivity index (χ4n) is 3.20. The average Bonchev–Trinajstić information content (AvgIpc) is 2.81. The van der Waals surface area contributed by atoms with E-state index in [1.54, 1.807) is 55.1 Å². The summed E-state index contributed by atoms with van der Waals surface area (Å²) in [6.45, 7) is 3.93. The van der Waals surface area contributed by atoms with E-state index < -0.39 is 10.0 Å². The summed E-state index contributed by atoms with van der Waals surface area (Å²) in [7, 11) is -3.95. The predicted molar refractivity (Wildman–Crippen MR) is 137 cm³/mol. The molecule has 33 heavy (non-hydrogen) atoms. The van der Waals surface area contributed by atoms with Crippen LogP contribution in [0.1, 0.15) is 17.5 Å². The molecule has 1 amide bonds. The minimum Gasteiger partial charge on any atom is -0.354 e. The van der Waals surface area contributed by atoms with Crippen LogP contribution in [0.4, 0.5) is 5.69 Å². The molecule has 0 aliphatic carbocycles. The first-order valence-electron chi connectivity index (χ1n) is 10.6. The van der Waals surface area contributed by atoms with Crippen LogP contribution in [0.25, 0.3) is 0 Å². The normalized spacial score (nSPS) is 11.2. The first-order chi connectivity index (χ1) is 15.8. The van der Waals surface area contributed by atoms with Crippen LogP contribution in [0.2, 0.25) is 5.02 Å². The van der Waals surface area contributed by atoms with E-state index in [2.05, 4.69) is 36.5 Å². The highest BCUT2D eigenvalue weighted by Crippen LogP contribution is 2.30. The van der Waals surface area contributed by atoms with Crippen molar-refractivity contribution in [3.05, 3.63) is 88.9 Å². The molecule has 5 nitrogen and oxygen atoms in total. The monoisotopic (exact) mass is 502 g/mol. The van der Waals surface area contributed by atoms with Gasteiger partial charge in [0.1, 0.15) is 6.54 Å². The number of carbonyl (C=O) groups excluding carboxylic acids is 1. The van der Waals surface area contributed by atoms with Crippen molar-refractivity contribution in [3.63, 3.8) is 0 Å². The van der Waals surface area contributed by atoms with Crippen molar-refractivity contribution in [1.82, 2.24) is 5.32 Å². The highest BCUT2D eigenvalue weighted by molar-refractivity contribution is 7.99. The van der Waals surface area contributed by atoms with Crippen LogP contribution in [0, 0.1) is 13.8 Å². The third-order valence-electron chi connectivity index (χ3n) is 5.06. The molecule has 0 aliphatic rings. The molecule has 8 heteroatoms. The highest BCUT2D eigenvalue weighted by Gasteiger charge is 2.28. The summed E-state index contributed by atoms with van der Waals surface area (Å²) in [6, 6.07) is 21.4. The van der Waals surface area contributed by atoms with Crippen molar-refractivity contribution in [2.24, 2.45) is 0 Å². The smallest absolute Gasteiger partial charge is 0.264 e. The van der Waals surface area contributed by atoms with Gasteiger partial charge in [-0.15, -0.1) is 11.8 Å². The number of benzene rings is 3. The lowest BCUT2D eigenvalue weighted by Crippen LogP contribution is -2.41. The molecule has 0 saturated carbocycles. The lowest BCUT2D eigenvalue weighted by molar-refractivity contribution is -0.119. The van der Waals surface area contributed by atoms with Crippen LogP contribution >= 0.6 is 23.4 Å². The van der Waals surface area contributed by atoms with Gasteiger partial charge < -0.3 is 5.32 Å². The third kappa shape index (κ3) is 6.76. The van der Waals surface area contributed by atoms with Gasteiger partial charge in [-0.25, -0.2) is 8.42 Å². The number of amides is 1. The van der Waals surface area contributed by atoms with Gasteiger partial charge in [0.05, 0.1) is 10.6 Å². The lowest BCUT2D eigenvalue weighted by Gasteiger charge is -2.26. The van der Waals surface area contributed by atoms with E-state index in [4.69, 9.17) is 11.6 Å². The van der Waals surface area contributed by atoms with Gasteiger partial charge in [-0.05, 0) is 68.0 Å². The second-order valence-electron chi connectivity index (χ2n) is 7.57. The zero-order valence-corrected chi connectivity index (χ0v) is 21.0. The molecule has 0 bridgehead atoms. The standard InChI is InChI=1S/C25H27ClN2O3S2/c1-19-12-14-21(15-13-19)32-17-7-16-27-25(29)18-28(24-11-6-10-23(26)20(24)2)33(30,31)22-8-4-3-5-9-22/h3-6,8-15H,7,16-18H2,1-2H3,(H,27,29). The number of hydrogen-bond acceptors (Lipinski definition) is 4. The summed E-state index contributed by atoms with van der Waals surface area (Å²) < 4.78 is 27.9. The Morgan fingerprint density at radius 2 is 1.67 bits per heavy atom. The molecule has 3 aromatic carbocycles. The number of aryl methyl sites for hydroxylation is 1. The lowest BCUT2D eigenvalue weighted by atomic mass is 10.2. The molecule has 0 fully saturated rings. The largest absolute Gasteiger partial charge is 0.354 e. The summed E-state index contributed by atoms with van der Waals surface area (Å²) in [5, 5.41) is 3.28. The predicted octanol–water partition coefficient (Wildman–Crippen LogP) is 5.45. The first kappa shape index (κ1) is 25.1. The number of anilines is 1. The summed E-state index contributed by atoms with van der Waals surface area (Å²) >= 11 is 7.97. The Hall–Kier alpha value is -2.48. The minimum absolute atomic E-state index is 0.117. The van der Waals surface area contributed by atoms with E-state index in [0.717, 1.165) is 16.5 Å². The van der Waals surface area contributed by atoms with Crippen LogP contribution in [0.5, 0.6) is 0 Å². The number of carbonyl (C=O) groups is 1. The van der Waals surface area contributed by atoms with Gasteiger partial charge in [0.15, 0.2) is 0 Å². The van der Waals surface area contributed by atoms with Crippen molar-refractivity contribution in [3.8, 4) is 0 Å². The third-order valence-corrected chi connectivity index (χ3v) is 8.34. The van der Waals surface area contributed by atoms with Crippen molar-refractivity contribution >= 4 is 45.0 Å². The maximum atomic E-state index is 13.4. The molecule has 0 spiro atoms. The van der Waals surface area contributed by atoms with Crippen molar-refractivity contribution in [2.75, 3.05) is 23.1 Å². The molecule has 0 aliphatic heterocycles. The SMILES string of the molecule is Cc1ccc(SCCCNC(=O)CN(c2cccc(Cl)c2C)S(=O)(=O)c2ccccc2)cc1. The molecular formula is C25H27ClN2O3S2. The van der Waals surface area contributed by atoms with Crippen molar-refractivity contribution in [2.45, 2.75) is 30.1 Å². The molecule has 0 aromatic heterocycles. The highest BCUT2D eigenvalue weighted by atomic mass is 35.5. The Morgan fingerprint density at radius 3 is 2.36 bits per heavy atom. The topological polar surface area (TPSA) is 66.5 Å². The maximum absolute atomic E-state index is 13.4. The maximum Gasteiger partial charge on any atom is 0.264 e. The van der Waals surface area contributed by atoms with E-state index in [1.807, 2.05) is 0 Å². The van der Waals surface area contributed by atoms with Crippen LogP contribution in [-0.2, 0) is 14.8 Å². The molecule has 0 saturated heterocycles. The van der Waals surface area contributed by atoms with Gasteiger partial charge in [-0.1, -0.05) is 53.6 Å². The van der Waals surface area contributed by atoms with Crippen LogP contribution in [0.3, 0.4) is 0 Å². The van der Waals surface area contributed by atoms with Gasteiger partial charge in [-0.3, -0.25) is 9.10 Å². The van der Waals surface area contributed by atoms with E-state index >= 15 is 0 Å². The number of nitrogens with one attached hydrogen (secondary N) is 1. The van der Waals surface area contributed by atoms with Crippen molar-refractivity contribution < 1.29 is 13.2 Å². The fraction of sp³-hybridized carbons (Fsp3) is 0.240. The molecular weight excluding hydrogens is 476 g/mol. The van der Waals surface area contributed by atoms with E-state index in [1.165, 1.54) is 22.6 Å². The zero-order chi connectivity index (χ0) is 23.8. The summed E-state index contributed by atoms with van der Waals surface area (Å²) in [5.74, 6) is 0.484. The molecule has 0 atom stereocenters. The second-order valence-corrected chi connectivity index (χ2v) is 11.0. The van der Waals surface area contributed by atoms with E-state index in [9.17, 15) is 13.2 Å². The van der Waals surface area contributed by atoms with Gasteiger partial charge >= 0.3 is 0 Å². The molecule has 0 radical (unpaired) electrons.